The molecular weight excluding hydrogens is 625 g/mol. The number of hydrogen-bond donors (Lipinski definition) is 1. The highest BCUT2D eigenvalue weighted by Crippen LogP contribution is 2.53. The first-order valence-corrected chi connectivity index (χ1v) is 17.8. The third kappa shape index (κ3) is 5.79. The van der Waals surface area contributed by atoms with Crippen LogP contribution < -0.4 is 4.90 Å². The van der Waals surface area contributed by atoms with Crippen molar-refractivity contribution in [1.82, 2.24) is 0 Å². The van der Waals surface area contributed by atoms with Gasteiger partial charge in [0.15, 0.2) is 0 Å². The van der Waals surface area contributed by atoms with E-state index in [0.717, 1.165) is 24.8 Å². The van der Waals surface area contributed by atoms with Gasteiger partial charge in [-0.25, -0.2) is 4.79 Å². The molecule has 8 rings (SSSR count). The number of anilines is 2. The Morgan fingerprint density at radius 1 is 0.725 bits per heavy atom. The summed E-state index contributed by atoms with van der Waals surface area (Å²) < 4.78 is 0. The Morgan fingerprint density at radius 2 is 1.35 bits per heavy atom. The van der Waals surface area contributed by atoms with Gasteiger partial charge < -0.3 is 10.0 Å². The second-order valence-corrected chi connectivity index (χ2v) is 14.4. The predicted molar refractivity (Wildman–Crippen MR) is 210 cm³/mol. The van der Waals surface area contributed by atoms with E-state index in [1.165, 1.54) is 89.1 Å². The molecule has 2 unspecified atom stereocenters. The average molecular weight is 665 g/mol. The highest BCUT2D eigenvalue weighted by atomic mass is 16.4. The van der Waals surface area contributed by atoms with Crippen LogP contribution in [-0.2, 0) is 4.79 Å². The van der Waals surface area contributed by atoms with E-state index < -0.39 is 5.97 Å². The molecule has 0 saturated heterocycles. The molecule has 2 aliphatic rings. The number of carboxylic acids is 1. The first-order chi connectivity index (χ1) is 24.7. The molecule has 6 aromatic carbocycles. The monoisotopic (exact) mass is 664 g/mol. The number of carboxylic acid groups (broad SMARTS) is 1. The highest BCUT2D eigenvalue weighted by Gasteiger charge is 2.42. The van der Waals surface area contributed by atoms with Crippen LogP contribution in [0.15, 0.2) is 109 Å². The minimum Gasteiger partial charge on any atom is -0.477 e. The van der Waals surface area contributed by atoms with E-state index in [1.807, 2.05) is 12.1 Å². The lowest BCUT2D eigenvalue weighted by atomic mass is 9.88. The number of nitrogens with zero attached hydrogens (tertiary/aromatic N) is 2. The van der Waals surface area contributed by atoms with Crippen LogP contribution in [0.4, 0.5) is 11.4 Å². The standard InChI is InChI=1S/C47H40N2O2/c1-28-8-15-38(30(3)20-28)43(39-16-9-29(2)21-31(39)4)24-32-10-17-40-34(22-32)12-13-35-26-37(14-18-41(35)40)49-45-7-5-6-42(45)44-25-33(11-19-46(44)49)23-36(27-48)47(50)51/h8-26,42,45H,5-7H2,1-4H3,(H,50,51)/b36-23+. The van der Waals surface area contributed by atoms with E-state index in [9.17, 15) is 15.2 Å². The number of aryl methyl sites for hydroxylation is 4. The minimum atomic E-state index is -1.20. The van der Waals surface area contributed by atoms with Crippen LogP contribution in [0, 0.1) is 39.0 Å². The normalized spacial score (nSPS) is 16.6. The second kappa shape index (κ2) is 12.8. The molecule has 1 fully saturated rings. The quantitative estimate of drug-likeness (QED) is 0.0833. The molecule has 1 aliphatic heterocycles. The SMILES string of the molecule is Cc1ccc(C(=Cc2ccc3c(ccc4cc(N5c6ccc(/C=C(\C#N)C(=O)O)cc6C6CCCC65)ccc43)c2)c2ccc(C)cc2C)c(C)c1. The zero-order chi connectivity index (χ0) is 35.4. The first-order valence-electron chi connectivity index (χ1n) is 17.8. The van der Waals surface area contributed by atoms with Crippen molar-refractivity contribution >= 4 is 56.6 Å². The number of fused-ring (bicyclic) bond motifs is 6. The van der Waals surface area contributed by atoms with Crippen LogP contribution in [0.3, 0.4) is 0 Å². The first kappa shape index (κ1) is 32.3. The Bertz CT molecular complexity index is 2460. The minimum absolute atomic E-state index is 0.249. The molecule has 1 saturated carbocycles. The van der Waals surface area contributed by atoms with E-state index in [-0.39, 0.29) is 5.57 Å². The molecule has 6 aromatic rings. The highest BCUT2D eigenvalue weighted by molar-refractivity contribution is 6.09. The molecule has 0 spiro atoms. The zero-order valence-electron chi connectivity index (χ0n) is 29.5. The number of hydrogen-bond acceptors (Lipinski definition) is 3. The van der Waals surface area contributed by atoms with Crippen molar-refractivity contribution in [3.8, 4) is 6.07 Å². The Morgan fingerprint density at radius 3 is 2.00 bits per heavy atom. The van der Waals surface area contributed by atoms with Crippen LogP contribution in [0.2, 0.25) is 0 Å². The number of nitriles is 1. The molecule has 0 aromatic heterocycles. The van der Waals surface area contributed by atoms with Crippen molar-refractivity contribution in [2.75, 3.05) is 4.90 Å². The molecule has 4 heteroatoms. The van der Waals surface area contributed by atoms with E-state index in [0.29, 0.717) is 12.0 Å². The lowest BCUT2D eigenvalue weighted by Gasteiger charge is -2.27. The smallest absolute Gasteiger partial charge is 0.346 e. The zero-order valence-corrected chi connectivity index (χ0v) is 29.5. The van der Waals surface area contributed by atoms with Gasteiger partial charge in [0.05, 0.1) is 0 Å². The Balaban J connectivity index is 1.18. The molecule has 250 valence electrons. The summed E-state index contributed by atoms with van der Waals surface area (Å²) >= 11 is 0. The summed E-state index contributed by atoms with van der Waals surface area (Å²) in [4.78, 5) is 14.0. The second-order valence-electron chi connectivity index (χ2n) is 14.4. The van der Waals surface area contributed by atoms with Gasteiger partial charge in [-0.15, -0.1) is 0 Å². The predicted octanol–water partition coefficient (Wildman–Crippen LogP) is 11.6. The lowest BCUT2D eigenvalue weighted by Crippen LogP contribution is -2.26. The van der Waals surface area contributed by atoms with Crippen molar-refractivity contribution in [3.63, 3.8) is 0 Å². The summed E-state index contributed by atoms with van der Waals surface area (Å²) in [5.41, 5.74) is 14.1. The van der Waals surface area contributed by atoms with Crippen molar-refractivity contribution < 1.29 is 9.90 Å². The van der Waals surface area contributed by atoms with Gasteiger partial charge in [0.25, 0.3) is 0 Å². The Kier molecular flexibility index (Phi) is 8.08. The fourth-order valence-corrected chi connectivity index (χ4v) is 8.62. The summed E-state index contributed by atoms with van der Waals surface area (Å²) in [7, 11) is 0. The van der Waals surface area contributed by atoms with Crippen LogP contribution in [0.1, 0.15) is 75.3 Å². The average Bonchev–Trinajstić information content (AvgIpc) is 3.71. The molecular formula is C47H40N2O2. The van der Waals surface area contributed by atoms with Gasteiger partial charge in [-0.3, -0.25) is 0 Å². The van der Waals surface area contributed by atoms with E-state index in [2.05, 4.69) is 136 Å². The fourth-order valence-electron chi connectivity index (χ4n) is 8.62. The van der Waals surface area contributed by atoms with Crippen molar-refractivity contribution in [1.29, 1.82) is 5.26 Å². The topological polar surface area (TPSA) is 64.3 Å². The van der Waals surface area contributed by atoms with E-state index >= 15 is 0 Å². The molecule has 51 heavy (non-hydrogen) atoms. The Hall–Kier alpha value is -5.92. The van der Waals surface area contributed by atoms with Gasteiger partial charge in [-0.05, 0) is 149 Å². The molecule has 1 heterocycles. The molecule has 2 atom stereocenters. The van der Waals surface area contributed by atoms with Crippen LogP contribution in [-0.4, -0.2) is 17.1 Å². The number of rotatable bonds is 6. The maximum absolute atomic E-state index is 11.5. The molecule has 1 aliphatic carbocycles. The number of carbonyl (C=O) groups is 1. The van der Waals surface area contributed by atoms with Gasteiger partial charge in [-0.2, -0.15) is 5.26 Å². The van der Waals surface area contributed by atoms with Gasteiger partial charge in [0.2, 0.25) is 0 Å². The summed E-state index contributed by atoms with van der Waals surface area (Å²) in [6.07, 6.45) is 7.20. The van der Waals surface area contributed by atoms with E-state index in [1.54, 1.807) is 0 Å². The summed E-state index contributed by atoms with van der Waals surface area (Å²) in [5, 5.41) is 23.6. The summed E-state index contributed by atoms with van der Waals surface area (Å²) in [5.74, 6) is -0.811. The molecule has 0 radical (unpaired) electrons. The number of aliphatic carboxylic acids is 1. The van der Waals surface area contributed by atoms with Crippen molar-refractivity contribution in [3.05, 3.63) is 159 Å². The van der Waals surface area contributed by atoms with Gasteiger partial charge >= 0.3 is 5.97 Å². The molecule has 4 nitrogen and oxygen atoms in total. The largest absolute Gasteiger partial charge is 0.477 e. The molecule has 0 amide bonds. The summed E-state index contributed by atoms with van der Waals surface area (Å²) in [6, 6.07) is 39.9. The van der Waals surface area contributed by atoms with Crippen LogP contribution >= 0.6 is 0 Å². The maximum Gasteiger partial charge on any atom is 0.346 e. The lowest BCUT2D eigenvalue weighted by molar-refractivity contribution is -0.132. The van der Waals surface area contributed by atoms with Crippen molar-refractivity contribution in [2.45, 2.75) is 58.9 Å². The van der Waals surface area contributed by atoms with Crippen LogP contribution in [0.5, 0.6) is 0 Å². The third-order valence-corrected chi connectivity index (χ3v) is 11.0. The molecule has 1 N–H and O–H groups in total. The summed E-state index contributed by atoms with van der Waals surface area (Å²) in [6.45, 7) is 8.71. The Labute approximate surface area is 299 Å². The molecule has 0 bridgehead atoms. The fraction of sp³-hybridized carbons (Fsp3) is 0.191. The number of benzene rings is 6. The van der Waals surface area contributed by atoms with Gasteiger partial charge in [0, 0.05) is 23.3 Å². The van der Waals surface area contributed by atoms with Crippen LogP contribution in [0.25, 0.3) is 39.3 Å². The maximum atomic E-state index is 11.5. The van der Waals surface area contributed by atoms with Gasteiger partial charge in [0.1, 0.15) is 11.6 Å². The van der Waals surface area contributed by atoms with Crippen molar-refractivity contribution in [2.24, 2.45) is 0 Å². The van der Waals surface area contributed by atoms with Gasteiger partial charge in [-0.1, -0.05) is 90.3 Å². The van der Waals surface area contributed by atoms with E-state index in [4.69, 9.17) is 0 Å². The third-order valence-electron chi connectivity index (χ3n) is 11.0.